The van der Waals surface area contributed by atoms with Crippen LogP contribution >= 0.6 is 0 Å². The van der Waals surface area contributed by atoms with Crippen molar-refractivity contribution in [3.63, 3.8) is 0 Å². The summed E-state index contributed by atoms with van der Waals surface area (Å²) in [5.41, 5.74) is 0.543. The Hall–Kier alpha value is -2.88. The van der Waals surface area contributed by atoms with Crippen molar-refractivity contribution in [2.24, 2.45) is 0 Å². The molecule has 0 saturated heterocycles. The topological polar surface area (TPSA) is 89.5 Å². The molecule has 0 radical (unpaired) electrons. The Labute approximate surface area is 152 Å². The van der Waals surface area contributed by atoms with Crippen LogP contribution in [0.1, 0.15) is 15.9 Å². The van der Waals surface area contributed by atoms with Crippen molar-refractivity contribution in [2.45, 2.75) is 17.2 Å². The predicted molar refractivity (Wildman–Crippen MR) is 88.2 cm³/mol. The molecule has 0 unspecified atom stereocenters. The van der Waals surface area contributed by atoms with Crippen molar-refractivity contribution in [2.75, 3.05) is 6.61 Å². The van der Waals surface area contributed by atoms with E-state index in [4.69, 9.17) is 4.74 Å². The number of alkyl halides is 2. The number of benzene rings is 2. The van der Waals surface area contributed by atoms with Crippen LogP contribution in [0.5, 0.6) is 0 Å². The van der Waals surface area contributed by atoms with Crippen LogP contribution in [0.3, 0.4) is 0 Å². The first-order chi connectivity index (χ1) is 12.7. The number of halogens is 3. The maximum absolute atomic E-state index is 12.8. The van der Waals surface area contributed by atoms with Gasteiger partial charge in [0.25, 0.3) is 5.91 Å². The molecule has 2 aromatic rings. The van der Waals surface area contributed by atoms with Crippen LogP contribution in [-0.4, -0.2) is 32.7 Å². The van der Waals surface area contributed by atoms with E-state index in [1.165, 1.54) is 24.3 Å². The van der Waals surface area contributed by atoms with Gasteiger partial charge in [0.05, 0.1) is 10.5 Å². The van der Waals surface area contributed by atoms with Crippen molar-refractivity contribution in [3.05, 3.63) is 65.5 Å². The van der Waals surface area contributed by atoms with Crippen LogP contribution in [0.4, 0.5) is 13.2 Å². The Morgan fingerprint density at radius 3 is 2.15 bits per heavy atom. The predicted octanol–water partition coefficient (Wildman–Crippen LogP) is 2.30. The van der Waals surface area contributed by atoms with Gasteiger partial charge in [-0.15, -0.1) is 0 Å². The zero-order valence-corrected chi connectivity index (χ0v) is 14.5. The Kier molecular flexibility index (Phi) is 6.56. The largest absolute Gasteiger partial charge is 0.452 e. The minimum Gasteiger partial charge on any atom is -0.452 e. The number of rotatable bonds is 7. The molecule has 0 aliphatic rings. The Bertz CT molecular complexity index is 913. The summed E-state index contributed by atoms with van der Waals surface area (Å²) in [6, 6.07) is 9.16. The highest BCUT2D eigenvalue weighted by Gasteiger charge is 2.26. The highest BCUT2D eigenvalue weighted by atomic mass is 32.2. The van der Waals surface area contributed by atoms with Gasteiger partial charge < -0.3 is 10.1 Å². The quantitative estimate of drug-likeness (QED) is 0.719. The standard InChI is InChI=1S/C17H14F3NO5S/c18-13-5-1-11(2-6-13)9-21-15(22)10-26-16(23)12-3-7-14(8-4-12)27(24,25)17(19)20/h1-8,17H,9-10H2,(H,21,22). The first-order valence-corrected chi connectivity index (χ1v) is 9.05. The summed E-state index contributed by atoms with van der Waals surface area (Å²) >= 11 is 0. The van der Waals surface area contributed by atoms with E-state index in [2.05, 4.69) is 5.32 Å². The van der Waals surface area contributed by atoms with Crippen LogP contribution in [-0.2, 0) is 25.9 Å². The lowest BCUT2D eigenvalue weighted by Crippen LogP contribution is -2.28. The summed E-state index contributed by atoms with van der Waals surface area (Å²) in [7, 11) is -4.75. The second-order valence-corrected chi connectivity index (χ2v) is 7.23. The minimum atomic E-state index is -4.75. The fourth-order valence-corrected chi connectivity index (χ4v) is 2.67. The third-order valence-corrected chi connectivity index (χ3v) is 4.79. The maximum atomic E-state index is 12.8. The second kappa shape index (κ2) is 8.67. The number of carbonyl (C=O) groups is 2. The van der Waals surface area contributed by atoms with Crippen LogP contribution < -0.4 is 5.32 Å². The van der Waals surface area contributed by atoms with Gasteiger partial charge in [0.1, 0.15) is 5.82 Å². The van der Waals surface area contributed by atoms with E-state index in [0.29, 0.717) is 5.56 Å². The van der Waals surface area contributed by atoms with E-state index in [-0.39, 0.29) is 12.1 Å². The lowest BCUT2D eigenvalue weighted by molar-refractivity contribution is -0.124. The Balaban J connectivity index is 1.86. The number of hydrogen-bond donors (Lipinski definition) is 1. The van der Waals surface area contributed by atoms with Crippen molar-refractivity contribution >= 4 is 21.7 Å². The molecule has 0 heterocycles. The van der Waals surface area contributed by atoms with Gasteiger partial charge in [-0.3, -0.25) is 4.79 Å². The molecule has 2 rings (SSSR count). The zero-order chi connectivity index (χ0) is 20.0. The van der Waals surface area contributed by atoms with Gasteiger partial charge in [0.2, 0.25) is 9.84 Å². The normalized spacial score (nSPS) is 11.3. The smallest absolute Gasteiger partial charge is 0.341 e. The summed E-state index contributed by atoms with van der Waals surface area (Å²) in [5.74, 6) is -5.51. The summed E-state index contributed by atoms with van der Waals surface area (Å²) in [4.78, 5) is 22.8. The average molecular weight is 401 g/mol. The van der Waals surface area contributed by atoms with Gasteiger partial charge in [0.15, 0.2) is 6.61 Å². The number of amides is 1. The molecular formula is C17H14F3NO5S. The van der Waals surface area contributed by atoms with Gasteiger partial charge in [-0.25, -0.2) is 17.6 Å². The fourth-order valence-electron chi connectivity index (χ4n) is 1.95. The molecule has 10 heteroatoms. The van der Waals surface area contributed by atoms with Crippen LogP contribution in [0.25, 0.3) is 0 Å². The van der Waals surface area contributed by atoms with E-state index >= 15 is 0 Å². The molecule has 0 bridgehead atoms. The van der Waals surface area contributed by atoms with Crippen LogP contribution in [0.15, 0.2) is 53.4 Å². The van der Waals surface area contributed by atoms with Gasteiger partial charge >= 0.3 is 11.7 Å². The third-order valence-electron chi connectivity index (χ3n) is 3.39. The lowest BCUT2D eigenvalue weighted by Gasteiger charge is -2.07. The van der Waals surface area contributed by atoms with Gasteiger partial charge in [-0.05, 0) is 42.0 Å². The monoisotopic (exact) mass is 401 g/mol. The van der Waals surface area contributed by atoms with Crippen molar-refractivity contribution in [1.29, 1.82) is 0 Å². The molecule has 0 spiro atoms. The molecule has 0 aliphatic heterocycles. The van der Waals surface area contributed by atoms with Crippen molar-refractivity contribution < 1.29 is 35.9 Å². The van der Waals surface area contributed by atoms with E-state index < -0.39 is 44.8 Å². The molecule has 0 aliphatic carbocycles. The van der Waals surface area contributed by atoms with Crippen LogP contribution in [0, 0.1) is 5.82 Å². The number of sulfone groups is 1. The maximum Gasteiger partial charge on any atom is 0.341 e. The number of hydrogen-bond acceptors (Lipinski definition) is 5. The lowest BCUT2D eigenvalue weighted by atomic mass is 10.2. The molecule has 27 heavy (non-hydrogen) atoms. The highest BCUT2D eigenvalue weighted by Crippen LogP contribution is 2.18. The Morgan fingerprint density at radius 1 is 1.00 bits per heavy atom. The first-order valence-electron chi connectivity index (χ1n) is 7.50. The zero-order valence-electron chi connectivity index (χ0n) is 13.7. The molecular weight excluding hydrogens is 387 g/mol. The molecule has 144 valence electrons. The SMILES string of the molecule is O=C(COC(=O)c1ccc(S(=O)(=O)C(F)F)cc1)NCc1ccc(F)cc1. The molecule has 0 fully saturated rings. The van der Waals surface area contributed by atoms with E-state index in [1.807, 2.05) is 0 Å². The van der Waals surface area contributed by atoms with Crippen molar-refractivity contribution in [3.8, 4) is 0 Å². The average Bonchev–Trinajstić information content (AvgIpc) is 2.65. The van der Waals surface area contributed by atoms with Gasteiger partial charge in [-0.2, -0.15) is 8.78 Å². The first kappa shape index (κ1) is 20.4. The van der Waals surface area contributed by atoms with Crippen molar-refractivity contribution in [1.82, 2.24) is 5.32 Å². The fraction of sp³-hybridized carbons (Fsp3) is 0.176. The summed E-state index contributed by atoms with van der Waals surface area (Å²) < 4.78 is 65.0. The molecule has 0 atom stereocenters. The third kappa shape index (κ3) is 5.55. The van der Waals surface area contributed by atoms with E-state index in [0.717, 1.165) is 24.3 Å². The molecule has 0 saturated carbocycles. The summed E-state index contributed by atoms with van der Waals surface area (Å²) in [5, 5.41) is 2.47. The Morgan fingerprint density at radius 2 is 1.59 bits per heavy atom. The molecule has 6 nitrogen and oxygen atoms in total. The van der Waals surface area contributed by atoms with Gasteiger partial charge in [-0.1, -0.05) is 12.1 Å². The molecule has 0 aromatic heterocycles. The summed E-state index contributed by atoms with van der Waals surface area (Å²) in [6.07, 6.45) is 0. The number of ether oxygens (including phenoxy) is 1. The van der Waals surface area contributed by atoms with E-state index in [1.54, 1.807) is 0 Å². The number of carbonyl (C=O) groups excluding carboxylic acids is 2. The number of nitrogens with one attached hydrogen (secondary N) is 1. The number of esters is 1. The van der Waals surface area contributed by atoms with Crippen LogP contribution in [0.2, 0.25) is 0 Å². The summed E-state index contributed by atoms with van der Waals surface area (Å²) in [6.45, 7) is -0.492. The second-order valence-electron chi connectivity index (χ2n) is 5.31. The molecule has 1 amide bonds. The molecule has 2 aromatic carbocycles. The van der Waals surface area contributed by atoms with Gasteiger partial charge in [0, 0.05) is 6.54 Å². The highest BCUT2D eigenvalue weighted by molar-refractivity contribution is 7.91. The van der Waals surface area contributed by atoms with E-state index in [9.17, 15) is 31.2 Å². The minimum absolute atomic E-state index is 0.102. The molecule has 1 N–H and O–H groups in total.